The van der Waals surface area contributed by atoms with Crippen molar-refractivity contribution in [1.82, 2.24) is 15.3 Å². The number of anilines is 1. The first-order valence-electron chi connectivity index (χ1n) is 7.90. The van der Waals surface area contributed by atoms with E-state index >= 15 is 0 Å². The summed E-state index contributed by atoms with van der Waals surface area (Å²) in [5, 5.41) is 14.7. The number of hydrogen-bond donors (Lipinski definition) is 4. The number of H-pyrrole nitrogens is 1. The number of aliphatic hydroxyl groups is 1. The number of hydrogen-bond acceptors (Lipinski definition) is 5. The topological polar surface area (TPSA) is 116 Å². The third kappa shape index (κ3) is 3.81. The van der Waals surface area contributed by atoms with E-state index in [1.165, 1.54) is 13.4 Å². The molecule has 0 saturated heterocycles. The molecule has 2 aromatic carbocycles. The lowest BCUT2D eigenvalue weighted by molar-refractivity contribution is -0.118. The van der Waals surface area contributed by atoms with Gasteiger partial charge in [0, 0.05) is 17.3 Å². The molecule has 0 fully saturated rings. The fourth-order valence-corrected chi connectivity index (χ4v) is 2.44. The van der Waals surface area contributed by atoms with Crippen LogP contribution in [-0.4, -0.2) is 46.6 Å². The molecule has 8 nitrogen and oxygen atoms in total. The number of methoxy groups -OCH3 is 1. The van der Waals surface area contributed by atoms with Gasteiger partial charge >= 0.3 is 0 Å². The van der Waals surface area contributed by atoms with Crippen molar-refractivity contribution in [2.45, 2.75) is 6.04 Å². The first kappa shape index (κ1) is 17.4. The van der Waals surface area contributed by atoms with Crippen molar-refractivity contribution in [3.05, 3.63) is 54.4 Å². The van der Waals surface area contributed by atoms with Crippen molar-refractivity contribution in [3.63, 3.8) is 0 Å². The molecule has 0 saturated carbocycles. The number of fused-ring (bicyclic) bond motifs is 1. The number of carbonyl (C=O) groups excluding carboxylic acids is 2. The van der Waals surface area contributed by atoms with Gasteiger partial charge in [0.2, 0.25) is 5.91 Å². The number of nitrogens with one attached hydrogen (secondary N) is 3. The average Bonchev–Trinajstić information content (AvgIpc) is 3.13. The number of ether oxygens (including phenoxy) is 1. The van der Waals surface area contributed by atoms with E-state index in [4.69, 9.17) is 4.74 Å². The Kier molecular flexibility index (Phi) is 5.14. The maximum atomic E-state index is 12.4. The second-order valence-corrected chi connectivity index (χ2v) is 5.56. The van der Waals surface area contributed by atoms with Crippen LogP contribution in [0.4, 0.5) is 5.69 Å². The summed E-state index contributed by atoms with van der Waals surface area (Å²) in [7, 11) is 1.52. The van der Waals surface area contributed by atoms with Gasteiger partial charge < -0.3 is 25.5 Å². The first-order chi connectivity index (χ1) is 12.6. The maximum absolute atomic E-state index is 12.4. The predicted molar refractivity (Wildman–Crippen MR) is 96.1 cm³/mol. The highest BCUT2D eigenvalue weighted by molar-refractivity contribution is 6.02. The van der Waals surface area contributed by atoms with Crippen LogP contribution in [0.25, 0.3) is 11.0 Å². The van der Waals surface area contributed by atoms with Gasteiger partial charge in [0.25, 0.3) is 5.91 Å². The quantitative estimate of drug-likeness (QED) is 0.532. The summed E-state index contributed by atoms with van der Waals surface area (Å²) in [6.07, 6.45) is 1.53. The van der Waals surface area contributed by atoms with Crippen LogP contribution in [0, 0.1) is 0 Å². The molecule has 134 valence electrons. The number of aliphatic hydroxyl groups excluding tert-OH is 1. The van der Waals surface area contributed by atoms with Crippen molar-refractivity contribution in [3.8, 4) is 5.75 Å². The highest BCUT2D eigenvalue weighted by atomic mass is 16.5. The second kappa shape index (κ2) is 7.66. The van der Waals surface area contributed by atoms with Crippen LogP contribution in [-0.2, 0) is 4.79 Å². The van der Waals surface area contributed by atoms with Gasteiger partial charge in [-0.1, -0.05) is 6.07 Å². The Morgan fingerprint density at radius 1 is 1.27 bits per heavy atom. The van der Waals surface area contributed by atoms with E-state index in [9.17, 15) is 14.7 Å². The molecule has 8 heteroatoms. The fraction of sp³-hybridized carbons (Fsp3) is 0.167. The molecule has 3 aromatic rings. The molecule has 1 atom stereocenters. The van der Waals surface area contributed by atoms with Gasteiger partial charge in [0.05, 0.1) is 31.1 Å². The van der Waals surface area contributed by atoms with Gasteiger partial charge in [-0.05, 0) is 30.3 Å². The monoisotopic (exact) mass is 354 g/mol. The Morgan fingerprint density at radius 3 is 2.88 bits per heavy atom. The molecule has 0 spiro atoms. The van der Waals surface area contributed by atoms with Gasteiger partial charge in [-0.15, -0.1) is 0 Å². The Bertz CT molecular complexity index is 938. The number of aromatic amines is 1. The summed E-state index contributed by atoms with van der Waals surface area (Å²) in [6.45, 7) is -0.534. The summed E-state index contributed by atoms with van der Waals surface area (Å²) in [5.41, 5.74) is 2.30. The molecule has 0 aliphatic heterocycles. The summed E-state index contributed by atoms with van der Waals surface area (Å²) < 4.78 is 5.10. The molecule has 1 aromatic heterocycles. The Hall–Kier alpha value is -3.39. The lowest BCUT2D eigenvalue weighted by Gasteiger charge is -2.16. The Morgan fingerprint density at radius 2 is 2.12 bits per heavy atom. The van der Waals surface area contributed by atoms with Crippen molar-refractivity contribution in [1.29, 1.82) is 0 Å². The standard InChI is InChI=1S/C18H18N4O4/c1-26-13-4-2-3-12(8-13)21-18(25)16(9-23)22-17(24)11-5-6-14-15(7-11)20-10-19-14/h2-8,10,16,23H,9H2,1H3,(H,19,20)(H,21,25)(H,22,24)/t16-/m0/s1. The number of rotatable bonds is 6. The van der Waals surface area contributed by atoms with E-state index < -0.39 is 24.5 Å². The fourth-order valence-electron chi connectivity index (χ4n) is 2.44. The minimum Gasteiger partial charge on any atom is -0.497 e. The van der Waals surface area contributed by atoms with Gasteiger partial charge in [0.15, 0.2) is 0 Å². The molecule has 0 aliphatic rings. The maximum Gasteiger partial charge on any atom is 0.252 e. The molecular weight excluding hydrogens is 336 g/mol. The highest BCUT2D eigenvalue weighted by Crippen LogP contribution is 2.17. The number of aromatic nitrogens is 2. The van der Waals surface area contributed by atoms with E-state index in [-0.39, 0.29) is 0 Å². The molecule has 3 rings (SSSR count). The summed E-state index contributed by atoms with van der Waals surface area (Å²) in [5.74, 6) is -0.418. The third-order valence-corrected chi connectivity index (χ3v) is 3.82. The molecular formula is C18H18N4O4. The van der Waals surface area contributed by atoms with Crippen molar-refractivity contribution >= 4 is 28.5 Å². The van der Waals surface area contributed by atoms with Crippen molar-refractivity contribution in [2.75, 3.05) is 19.0 Å². The minimum absolute atomic E-state index is 0.356. The van der Waals surface area contributed by atoms with Crippen LogP contribution in [0.15, 0.2) is 48.8 Å². The predicted octanol–water partition coefficient (Wildman–Crippen LogP) is 1.30. The van der Waals surface area contributed by atoms with Gasteiger partial charge in [-0.3, -0.25) is 9.59 Å². The van der Waals surface area contributed by atoms with Crippen LogP contribution < -0.4 is 15.4 Å². The lowest BCUT2D eigenvalue weighted by atomic mass is 10.1. The number of imidazole rings is 1. The number of nitrogens with zero attached hydrogens (tertiary/aromatic N) is 1. The van der Waals surface area contributed by atoms with E-state index in [0.717, 1.165) is 5.52 Å². The Balaban J connectivity index is 1.69. The van der Waals surface area contributed by atoms with Crippen LogP contribution in [0.1, 0.15) is 10.4 Å². The molecule has 4 N–H and O–H groups in total. The molecule has 0 aliphatic carbocycles. The van der Waals surface area contributed by atoms with E-state index in [2.05, 4.69) is 20.6 Å². The molecule has 0 bridgehead atoms. The van der Waals surface area contributed by atoms with Gasteiger partial charge in [0.1, 0.15) is 11.8 Å². The lowest BCUT2D eigenvalue weighted by Crippen LogP contribution is -2.46. The number of carbonyl (C=O) groups is 2. The molecule has 2 amide bonds. The average molecular weight is 354 g/mol. The van der Waals surface area contributed by atoms with Gasteiger partial charge in [-0.2, -0.15) is 0 Å². The first-order valence-corrected chi connectivity index (χ1v) is 7.90. The van der Waals surface area contributed by atoms with E-state index in [1.807, 2.05) is 0 Å². The normalized spacial score (nSPS) is 11.8. The zero-order valence-corrected chi connectivity index (χ0v) is 14.0. The second-order valence-electron chi connectivity index (χ2n) is 5.56. The van der Waals surface area contributed by atoms with Crippen LogP contribution in [0.3, 0.4) is 0 Å². The molecule has 26 heavy (non-hydrogen) atoms. The molecule has 0 unspecified atom stereocenters. The van der Waals surface area contributed by atoms with Crippen LogP contribution >= 0.6 is 0 Å². The molecule has 0 radical (unpaired) electrons. The van der Waals surface area contributed by atoms with Crippen molar-refractivity contribution < 1.29 is 19.4 Å². The van der Waals surface area contributed by atoms with Gasteiger partial charge in [-0.25, -0.2) is 4.98 Å². The minimum atomic E-state index is -1.09. The third-order valence-electron chi connectivity index (χ3n) is 3.82. The zero-order chi connectivity index (χ0) is 18.5. The number of benzene rings is 2. The van der Waals surface area contributed by atoms with E-state index in [0.29, 0.717) is 22.5 Å². The highest BCUT2D eigenvalue weighted by Gasteiger charge is 2.21. The summed E-state index contributed by atoms with van der Waals surface area (Å²) in [4.78, 5) is 31.7. The molecule has 1 heterocycles. The van der Waals surface area contributed by atoms with Crippen molar-refractivity contribution in [2.24, 2.45) is 0 Å². The van der Waals surface area contributed by atoms with Crippen LogP contribution in [0.5, 0.6) is 5.75 Å². The summed E-state index contributed by atoms with van der Waals surface area (Å²) >= 11 is 0. The zero-order valence-electron chi connectivity index (χ0n) is 14.0. The number of amides is 2. The SMILES string of the molecule is COc1cccc(NC(=O)[C@H](CO)NC(=O)c2ccc3nc[nH]c3c2)c1. The Labute approximate surface area is 149 Å². The smallest absolute Gasteiger partial charge is 0.252 e. The van der Waals surface area contributed by atoms with E-state index in [1.54, 1.807) is 42.5 Å². The largest absolute Gasteiger partial charge is 0.497 e. The summed E-state index contributed by atoms with van der Waals surface area (Å²) in [6, 6.07) is 10.6. The van der Waals surface area contributed by atoms with Crippen LogP contribution in [0.2, 0.25) is 0 Å².